The van der Waals surface area contributed by atoms with Gasteiger partial charge in [0.15, 0.2) is 0 Å². The van der Waals surface area contributed by atoms with Crippen LogP contribution in [0.2, 0.25) is 0 Å². The lowest BCUT2D eigenvalue weighted by Crippen LogP contribution is -2.62. The molecule has 0 aliphatic carbocycles. The Balaban J connectivity index is 0.000000175. The van der Waals surface area contributed by atoms with Crippen molar-refractivity contribution in [2.24, 2.45) is 0 Å². The van der Waals surface area contributed by atoms with E-state index in [1.54, 1.807) is 6.07 Å². The predicted octanol–water partition coefficient (Wildman–Crippen LogP) is 0.446. The largest absolute Gasteiger partial charge is 0.398 e. The molecule has 8 amide bonds. The molecule has 2 atom stereocenters. The van der Waals surface area contributed by atoms with Crippen LogP contribution in [0.1, 0.15) is 81.0 Å². The Morgan fingerprint density at radius 1 is 0.705 bits per heavy atom. The van der Waals surface area contributed by atoms with E-state index in [-0.39, 0.29) is 53.6 Å². The Morgan fingerprint density at radius 2 is 1.14 bits per heavy atom. The molecule has 4 heterocycles. The smallest absolute Gasteiger partial charge is 0.282 e. The van der Waals surface area contributed by atoms with Gasteiger partial charge in [-0.15, -0.1) is 0 Å². The van der Waals surface area contributed by atoms with Gasteiger partial charge in [0.25, 0.3) is 41.1 Å². The van der Waals surface area contributed by atoms with Crippen LogP contribution in [0.3, 0.4) is 0 Å². The number of anilines is 1. The summed E-state index contributed by atoms with van der Waals surface area (Å²) in [5.74, 6) is -5.15. The zero-order valence-electron chi connectivity index (χ0n) is 23.3. The summed E-state index contributed by atoms with van der Waals surface area (Å²) >= 11 is 0. The number of hydrogen-bond acceptors (Lipinski definition) is 11. The first-order valence-electron chi connectivity index (χ1n) is 13.3. The molecule has 0 aromatic heterocycles. The number of nitrogen functional groups attached to an aromatic ring is 1. The molecule has 0 saturated carbocycles. The van der Waals surface area contributed by atoms with E-state index in [4.69, 9.17) is 5.73 Å². The van der Waals surface area contributed by atoms with Crippen LogP contribution in [0, 0.1) is 10.1 Å². The van der Waals surface area contributed by atoms with Crippen molar-refractivity contribution in [3.05, 3.63) is 68.8 Å². The first-order valence-corrected chi connectivity index (χ1v) is 13.3. The Hall–Kier alpha value is -5.80. The predicted molar refractivity (Wildman–Crippen MR) is 147 cm³/mol. The first-order chi connectivity index (χ1) is 20.6. The average Bonchev–Trinajstić information content (AvgIpc) is 3.39. The quantitative estimate of drug-likeness (QED) is 0.188. The molecule has 0 radical (unpaired) electrons. The van der Waals surface area contributed by atoms with Gasteiger partial charge >= 0.3 is 0 Å². The van der Waals surface area contributed by atoms with Crippen molar-refractivity contribution in [1.29, 1.82) is 0 Å². The molecule has 4 N–H and O–H groups in total. The second kappa shape index (κ2) is 10.2. The van der Waals surface area contributed by atoms with Crippen LogP contribution in [0.25, 0.3) is 0 Å². The Morgan fingerprint density at radius 3 is 1.57 bits per heavy atom. The molecule has 44 heavy (non-hydrogen) atoms. The number of amides is 8. The summed E-state index contributed by atoms with van der Waals surface area (Å²) in [6.07, 6.45) is 0.114. The van der Waals surface area contributed by atoms with Gasteiger partial charge in [-0.25, -0.2) is 0 Å². The number of piperidine rings is 2. The number of nitrogens with two attached hydrogens (primary N) is 1. The van der Waals surface area contributed by atoms with Gasteiger partial charge in [-0.3, -0.25) is 68.9 Å². The van der Waals surface area contributed by atoms with Gasteiger partial charge in [0.05, 0.1) is 21.6 Å². The van der Waals surface area contributed by atoms with Crippen molar-refractivity contribution in [2.75, 3.05) is 5.73 Å². The highest BCUT2D eigenvalue weighted by Crippen LogP contribution is 2.38. The van der Waals surface area contributed by atoms with Gasteiger partial charge in [-0.1, -0.05) is 12.1 Å². The van der Waals surface area contributed by atoms with Crippen LogP contribution in [-0.2, 0) is 19.2 Å². The summed E-state index contributed by atoms with van der Waals surface area (Å²) in [6.45, 7) is 2.84. The number of nitro groups is 1. The Bertz CT molecular complexity index is 1770. The minimum atomic E-state index is -1.56. The number of carbonyl (C=O) groups is 8. The van der Waals surface area contributed by atoms with Crippen LogP contribution in [0.5, 0.6) is 0 Å². The van der Waals surface area contributed by atoms with Crippen LogP contribution in [0.4, 0.5) is 11.4 Å². The van der Waals surface area contributed by atoms with E-state index in [0.717, 1.165) is 11.0 Å². The number of imide groups is 4. The van der Waals surface area contributed by atoms with Gasteiger partial charge in [0.2, 0.25) is 11.8 Å². The first kappa shape index (κ1) is 29.7. The standard InChI is InChI=1S/C14H11N3O6.C14H13N3O4/c1-14(6-5-9(18)15-13(14)21)16-11(19)7-3-2-4-8(17(22)23)10(7)12(16)20;1-14(6-5-9(18)16-13(14)21)17-11(19)7-3-2-4-8(15)10(7)12(17)20/h2-4H,5-6H2,1H3,(H,15,18,21);2-4H,5-6,15H2,1H3,(H,16,18,21)/t2*14-/m00/s1. The van der Waals surface area contributed by atoms with Gasteiger partial charge in [0, 0.05) is 24.6 Å². The highest BCUT2D eigenvalue weighted by Gasteiger charge is 2.55. The summed E-state index contributed by atoms with van der Waals surface area (Å²) < 4.78 is 0. The maximum Gasteiger partial charge on any atom is 0.282 e. The average molecular weight is 605 g/mol. The molecule has 16 nitrogen and oxygen atoms in total. The molecule has 6 rings (SSSR count). The normalized spacial score (nSPS) is 24.4. The van der Waals surface area contributed by atoms with Crippen molar-refractivity contribution >= 4 is 58.6 Å². The fraction of sp³-hybridized carbons (Fsp3) is 0.286. The van der Waals surface area contributed by atoms with Gasteiger partial charge in [-0.05, 0) is 44.9 Å². The zero-order valence-corrected chi connectivity index (χ0v) is 23.3. The van der Waals surface area contributed by atoms with Crippen LogP contribution >= 0.6 is 0 Å². The van der Waals surface area contributed by atoms with E-state index >= 15 is 0 Å². The third-order valence-corrected chi connectivity index (χ3v) is 8.19. The topological polar surface area (TPSA) is 236 Å². The molecular formula is C28H24N6O10. The van der Waals surface area contributed by atoms with Crippen molar-refractivity contribution < 1.29 is 43.3 Å². The number of rotatable bonds is 3. The Kier molecular flexibility index (Phi) is 6.87. The monoisotopic (exact) mass is 604 g/mol. The van der Waals surface area contributed by atoms with E-state index in [1.807, 2.05) is 0 Å². The maximum absolute atomic E-state index is 12.6. The van der Waals surface area contributed by atoms with Crippen LogP contribution in [-0.4, -0.2) is 73.1 Å². The van der Waals surface area contributed by atoms with Gasteiger partial charge < -0.3 is 5.73 Å². The summed E-state index contributed by atoms with van der Waals surface area (Å²) in [5, 5.41) is 15.4. The van der Waals surface area contributed by atoms with Crippen LogP contribution in [0.15, 0.2) is 36.4 Å². The summed E-state index contributed by atoms with van der Waals surface area (Å²) in [4.78, 5) is 109. The van der Waals surface area contributed by atoms with Crippen molar-refractivity contribution in [1.82, 2.24) is 20.4 Å². The number of nitrogens with one attached hydrogen (secondary N) is 2. The second-order valence-corrected chi connectivity index (χ2v) is 10.9. The fourth-order valence-corrected chi connectivity index (χ4v) is 5.64. The number of fused-ring (bicyclic) bond motifs is 2. The molecule has 2 aromatic rings. The third kappa shape index (κ3) is 4.29. The van der Waals surface area contributed by atoms with E-state index in [2.05, 4.69) is 10.6 Å². The molecule has 4 aliphatic rings. The van der Waals surface area contributed by atoms with E-state index in [0.29, 0.717) is 4.90 Å². The van der Waals surface area contributed by atoms with Crippen LogP contribution < -0.4 is 16.4 Å². The Labute approximate surface area is 247 Å². The highest BCUT2D eigenvalue weighted by molar-refractivity contribution is 6.27. The minimum Gasteiger partial charge on any atom is -0.398 e. The zero-order chi connectivity index (χ0) is 32.3. The molecular weight excluding hydrogens is 580 g/mol. The summed E-state index contributed by atoms with van der Waals surface area (Å²) in [7, 11) is 0. The summed E-state index contributed by atoms with van der Waals surface area (Å²) in [5.41, 5.74) is 2.40. The number of hydrogen-bond donors (Lipinski definition) is 3. The van der Waals surface area contributed by atoms with Crippen molar-refractivity contribution in [3.63, 3.8) is 0 Å². The van der Waals surface area contributed by atoms with E-state index in [9.17, 15) is 48.5 Å². The molecule has 0 spiro atoms. The molecule has 2 aromatic carbocycles. The van der Waals surface area contributed by atoms with E-state index in [1.165, 1.54) is 38.1 Å². The number of nitrogens with zero attached hydrogens (tertiary/aromatic N) is 3. The minimum absolute atomic E-state index is 0.0300. The molecule has 16 heteroatoms. The SMILES string of the molecule is C[C@]1(N2C(=O)c3cccc(N)c3C2=O)CCC(=O)NC1=O.C[C@]1(N2C(=O)c3cccc([N+](=O)[O-])c3C2=O)CCC(=O)NC1=O. The molecule has 0 bridgehead atoms. The fourth-order valence-electron chi connectivity index (χ4n) is 5.64. The lowest BCUT2D eigenvalue weighted by atomic mass is 9.89. The molecule has 226 valence electrons. The molecule has 4 aliphatic heterocycles. The van der Waals surface area contributed by atoms with Crippen molar-refractivity contribution in [3.8, 4) is 0 Å². The third-order valence-electron chi connectivity index (χ3n) is 8.19. The number of carbonyl (C=O) groups excluding carboxylic acids is 8. The van der Waals surface area contributed by atoms with Crippen molar-refractivity contribution in [2.45, 2.75) is 50.6 Å². The molecule has 0 unspecified atom stereocenters. The molecule has 2 fully saturated rings. The van der Waals surface area contributed by atoms with E-state index < -0.39 is 68.9 Å². The molecule has 2 saturated heterocycles. The maximum atomic E-state index is 12.6. The lowest BCUT2D eigenvalue weighted by Gasteiger charge is -2.38. The lowest BCUT2D eigenvalue weighted by molar-refractivity contribution is -0.385. The highest BCUT2D eigenvalue weighted by atomic mass is 16.6. The van der Waals surface area contributed by atoms with Gasteiger partial charge in [0.1, 0.15) is 16.6 Å². The number of nitro benzene ring substituents is 1. The summed E-state index contributed by atoms with van der Waals surface area (Å²) in [6, 6.07) is 8.34. The second-order valence-electron chi connectivity index (χ2n) is 10.9. The van der Waals surface area contributed by atoms with Gasteiger partial charge in [-0.2, -0.15) is 0 Å². The number of benzene rings is 2.